The lowest BCUT2D eigenvalue weighted by atomic mass is 10.1. The van der Waals surface area contributed by atoms with Crippen molar-refractivity contribution in [3.63, 3.8) is 0 Å². The van der Waals surface area contributed by atoms with Gasteiger partial charge in [0.05, 0.1) is 6.20 Å². The Kier molecular flexibility index (Phi) is 4.88. The second kappa shape index (κ2) is 6.64. The van der Waals surface area contributed by atoms with E-state index in [0.717, 1.165) is 36.2 Å². The lowest BCUT2D eigenvalue weighted by molar-refractivity contribution is 0.622. The van der Waals surface area contributed by atoms with Crippen molar-refractivity contribution in [1.29, 1.82) is 0 Å². The lowest BCUT2D eigenvalue weighted by Gasteiger charge is -2.08. The highest BCUT2D eigenvalue weighted by molar-refractivity contribution is 6.31. The van der Waals surface area contributed by atoms with Crippen LogP contribution in [-0.4, -0.2) is 11.5 Å². The van der Waals surface area contributed by atoms with Crippen LogP contribution < -0.4 is 5.32 Å². The maximum absolute atomic E-state index is 13.1. The summed E-state index contributed by atoms with van der Waals surface area (Å²) in [6.07, 6.45) is 3.91. The van der Waals surface area contributed by atoms with Crippen LogP contribution in [-0.2, 0) is 6.54 Å². The monoisotopic (exact) mass is 278 g/mol. The number of nitrogens with one attached hydrogen (secondary N) is 1. The highest BCUT2D eigenvalue weighted by atomic mass is 35.5. The van der Waals surface area contributed by atoms with Crippen molar-refractivity contribution in [2.24, 2.45) is 0 Å². The largest absolute Gasteiger partial charge is 0.313 e. The molecule has 0 bridgehead atoms. The Morgan fingerprint density at radius 2 is 2.05 bits per heavy atom. The molecule has 0 aliphatic rings. The molecule has 0 saturated heterocycles. The summed E-state index contributed by atoms with van der Waals surface area (Å²) >= 11 is 6.24. The summed E-state index contributed by atoms with van der Waals surface area (Å²) in [7, 11) is 0. The summed E-state index contributed by atoms with van der Waals surface area (Å²) in [5.74, 6) is -0.345. The molecule has 0 unspecified atom stereocenters. The van der Waals surface area contributed by atoms with E-state index in [-0.39, 0.29) is 5.82 Å². The fourth-order valence-electron chi connectivity index (χ4n) is 1.84. The molecule has 0 fully saturated rings. The zero-order valence-corrected chi connectivity index (χ0v) is 11.5. The maximum atomic E-state index is 13.1. The van der Waals surface area contributed by atoms with Crippen molar-refractivity contribution in [2.45, 2.75) is 19.9 Å². The summed E-state index contributed by atoms with van der Waals surface area (Å²) < 4.78 is 13.1. The van der Waals surface area contributed by atoms with E-state index < -0.39 is 0 Å². The first-order valence-corrected chi connectivity index (χ1v) is 6.68. The molecule has 1 heterocycles. The first-order chi connectivity index (χ1) is 9.20. The Balaban J connectivity index is 2.19. The second-order valence-corrected chi connectivity index (χ2v) is 4.78. The predicted octanol–water partition coefficient (Wildman–Crippen LogP) is 4.04. The molecule has 0 saturated carbocycles. The smallest absolute Gasteiger partial charge is 0.142 e. The van der Waals surface area contributed by atoms with E-state index in [1.54, 1.807) is 6.20 Å². The molecule has 2 aromatic rings. The van der Waals surface area contributed by atoms with Crippen LogP contribution in [0, 0.1) is 5.82 Å². The number of hydrogen-bond acceptors (Lipinski definition) is 2. The average molecular weight is 279 g/mol. The molecule has 0 aliphatic heterocycles. The van der Waals surface area contributed by atoms with Crippen LogP contribution in [0.1, 0.15) is 18.9 Å². The molecule has 0 radical (unpaired) electrons. The number of hydrogen-bond donors (Lipinski definition) is 1. The molecule has 1 N–H and O–H groups in total. The fraction of sp³-hybridized carbons (Fsp3) is 0.267. The molecule has 0 atom stereocenters. The Hall–Kier alpha value is -1.45. The Morgan fingerprint density at radius 3 is 2.74 bits per heavy atom. The van der Waals surface area contributed by atoms with Gasteiger partial charge in [-0.25, -0.2) is 4.39 Å². The van der Waals surface area contributed by atoms with Gasteiger partial charge in [0.15, 0.2) is 0 Å². The number of rotatable bonds is 5. The molecule has 0 amide bonds. The highest BCUT2D eigenvalue weighted by Gasteiger charge is 2.05. The number of benzene rings is 1. The molecule has 4 heteroatoms. The number of nitrogens with zero attached hydrogens (tertiary/aromatic N) is 1. The van der Waals surface area contributed by atoms with Crippen molar-refractivity contribution in [3.05, 3.63) is 53.1 Å². The molecule has 1 aromatic carbocycles. The quantitative estimate of drug-likeness (QED) is 0.835. The minimum absolute atomic E-state index is 0.345. The van der Waals surface area contributed by atoms with Gasteiger partial charge in [0.25, 0.3) is 0 Å². The second-order valence-electron chi connectivity index (χ2n) is 4.37. The number of pyridine rings is 1. The van der Waals surface area contributed by atoms with Crippen LogP contribution in [0.4, 0.5) is 4.39 Å². The van der Waals surface area contributed by atoms with Crippen LogP contribution in [0.3, 0.4) is 0 Å². The SMILES string of the molecule is CCCNCc1ccc(-c2cncc(F)c2)cc1Cl. The predicted molar refractivity (Wildman–Crippen MR) is 76.6 cm³/mol. The number of halogens is 2. The van der Waals surface area contributed by atoms with Crippen molar-refractivity contribution in [1.82, 2.24) is 10.3 Å². The van der Waals surface area contributed by atoms with Gasteiger partial charge in [-0.15, -0.1) is 0 Å². The first-order valence-electron chi connectivity index (χ1n) is 6.30. The van der Waals surface area contributed by atoms with Gasteiger partial charge >= 0.3 is 0 Å². The van der Waals surface area contributed by atoms with Crippen molar-refractivity contribution in [3.8, 4) is 11.1 Å². The highest BCUT2D eigenvalue weighted by Crippen LogP contribution is 2.25. The summed E-state index contributed by atoms with van der Waals surface area (Å²) in [4.78, 5) is 3.84. The molecule has 100 valence electrons. The summed E-state index contributed by atoms with van der Waals surface area (Å²) in [5.41, 5.74) is 2.65. The van der Waals surface area contributed by atoms with Gasteiger partial charge in [-0.05, 0) is 36.2 Å². The zero-order chi connectivity index (χ0) is 13.7. The average Bonchev–Trinajstić information content (AvgIpc) is 2.41. The molecule has 2 rings (SSSR count). The Bertz CT molecular complexity index is 558. The summed E-state index contributed by atoms with van der Waals surface area (Å²) in [5, 5.41) is 3.99. The van der Waals surface area contributed by atoms with Gasteiger partial charge in [0.1, 0.15) is 5.82 Å². The minimum atomic E-state index is -0.345. The van der Waals surface area contributed by atoms with E-state index in [4.69, 9.17) is 11.6 Å². The fourth-order valence-corrected chi connectivity index (χ4v) is 2.09. The van der Waals surface area contributed by atoms with Crippen LogP contribution >= 0.6 is 11.6 Å². The normalized spacial score (nSPS) is 10.7. The Labute approximate surface area is 117 Å². The molecule has 2 nitrogen and oxygen atoms in total. The third-order valence-corrected chi connectivity index (χ3v) is 3.19. The van der Waals surface area contributed by atoms with E-state index in [2.05, 4.69) is 17.2 Å². The molecular formula is C15H16ClFN2. The Morgan fingerprint density at radius 1 is 1.21 bits per heavy atom. The standard InChI is InChI=1S/C15H16ClFN2/c1-2-5-18-8-12-4-3-11(7-15(12)16)13-6-14(17)10-19-9-13/h3-4,6-7,9-10,18H,2,5,8H2,1H3. The summed E-state index contributed by atoms with van der Waals surface area (Å²) in [6.45, 7) is 3.83. The van der Waals surface area contributed by atoms with E-state index in [1.165, 1.54) is 12.3 Å². The topological polar surface area (TPSA) is 24.9 Å². The molecule has 0 aliphatic carbocycles. The maximum Gasteiger partial charge on any atom is 0.142 e. The van der Waals surface area contributed by atoms with Gasteiger partial charge in [-0.2, -0.15) is 0 Å². The van der Waals surface area contributed by atoms with Gasteiger partial charge in [0.2, 0.25) is 0 Å². The van der Waals surface area contributed by atoms with E-state index >= 15 is 0 Å². The van der Waals surface area contributed by atoms with Gasteiger partial charge < -0.3 is 5.32 Å². The number of aromatic nitrogens is 1. The third kappa shape index (κ3) is 3.75. The van der Waals surface area contributed by atoms with Crippen molar-refractivity contribution in [2.75, 3.05) is 6.54 Å². The molecule has 1 aromatic heterocycles. The first kappa shape index (κ1) is 14.0. The van der Waals surface area contributed by atoms with E-state index in [1.807, 2.05) is 18.2 Å². The zero-order valence-electron chi connectivity index (χ0n) is 10.8. The van der Waals surface area contributed by atoms with Gasteiger partial charge in [-0.3, -0.25) is 4.98 Å². The van der Waals surface area contributed by atoms with Crippen LogP contribution in [0.15, 0.2) is 36.7 Å². The summed E-state index contributed by atoms with van der Waals surface area (Å²) in [6, 6.07) is 7.20. The molecule has 0 spiro atoms. The van der Waals surface area contributed by atoms with Crippen LogP contribution in [0.25, 0.3) is 11.1 Å². The molecule has 19 heavy (non-hydrogen) atoms. The van der Waals surface area contributed by atoms with Crippen LogP contribution in [0.5, 0.6) is 0 Å². The third-order valence-electron chi connectivity index (χ3n) is 2.83. The van der Waals surface area contributed by atoms with Gasteiger partial charge in [-0.1, -0.05) is 30.7 Å². The van der Waals surface area contributed by atoms with Crippen molar-refractivity contribution >= 4 is 11.6 Å². The lowest BCUT2D eigenvalue weighted by Crippen LogP contribution is -2.13. The molecular weight excluding hydrogens is 263 g/mol. The van der Waals surface area contributed by atoms with E-state index in [0.29, 0.717) is 5.02 Å². The van der Waals surface area contributed by atoms with Gasteiger partial charge in [0, 0.05) is 23.3 Å². The van der Waals surface area contributed by atoms with Crippen molar-refractivity contribution < 1.29 is 4.39 Å². The van der Waals surface area contributed by atoms with E-state index in [9.17, 15) is 4.39 Å². The minimum Gasteiger partial charge on any atom is -0.313 e. The van der Waals surface area contributed by atoms with Crippen LogP contribution in [0.2, 0.25) is 5.02 Å².